The highest BCUT2D eigenvalue weighted by Gasteiger charge is 2.36. The molecule has 5 nitrogen and oxygen atoms in total. The second-order valence-electron chi connectivity index (χ2n) is 6.79. The summed E-state index contributed by atoms with van der Waals surface area (Å²) in [5.41, 5.74) is 2.30. The van der Waals surface area contributed by atoms with Crippen molar-refractivity contribution in [2.75, 3.05) is 12.0 Å². The Hall–Kier alpha value is -2.30. The molecule has 0 saturated carbocycles. The fourth-order valence-corrected chi connectivity index (χ4v) is 4.71. The molecular formula is C24H17BrINO4S. The summed E-state index contributed by atoms with van der Waals surface area (Å²) in [6, 6.07) is 20.6. The molecule has 4 rings (SSSR count). The summed E-state index contributed by atoms with van der Waals surface area (Å²) in [5, 5.41) is -0.326. The molecule has 8 heteroatoms. The summed E-state index contributed by atoms with van der Waals surface area (Å²) in [7, 11) is 1.56. The molecule has 0 atom stereocenters. The van der Waals surface area contributed by atoms with Gasteiger partial charge >= 0.3 is 0 Å². The van der Waals surface area contributed by atoms with Crippen LogP contribution in [0.25, 0.3) is 6.08 Å². The normalized spacial score (nSPS) is 14.8. The van der Waals surface area contributed by atoms with Crippen molar-refractivity contribution in [2.24, 2.45) is 0 Å². The number of anilines is 1. The lowest BCUT2D eigenvalue weighted by molar-refractivity contribution is -0.113. The smallest absolute Gasteiger partial charge is 0.298 e. The molecule has 0 bridgehead atoms. The molecular weight excluding hydrogens is 605 g/mol. The van der Waals surface area contributed by atoms with Crippen LogP contribution in [0.5, 0.6) is 11.5 Å². The molecule has 0 aromatic heterocycles. The number of ether oxygens (including phenoxy) is 2. The van der Waals surface area contributed by atoms with Crippen LogP contribution in [0.15, 0.2) is 76.1 Å². The van der Waals surface area contributed by atoms with E-state index >= 15 is 0 Å². The Morgan fingerprint density at radius 2 is 1.75 bits per heavy atom. The third-order valence-corrected chi connectivity index (χ3v) is 6.96. The molecule has 0 unspecified atom stereocenters. The van der Waals surface area contributed by atoms with Crippen molar-refractivity contribution in [3.05, 3.63) is 90.8 Å². The lowest BCUT2D eigenvalue weighted by Crippen LogP contribution is -2.27. The third-order valence-electron chi connectivity index (χ3n) is 4.69. The molecule has 0 aliphatic carbocycles. The highest BCUT2D eigenvalue weighted by atomic mass is 127. The van der Waals surface area contributed by atoms with E-state index in [0.717, 1.165) is 25.4 Å². The van der Waals surface area contributed by atoms with Gasteiger partial charge in [-0.25, -0.2) is 4.90 Å². The maximum atomic E-state index is 12.9. The number of hydrogen-bond donors (Lipinski definition) is 0. The Balaban J connectivity index is 1.57. The average Bonchev–Trinajstić information content (AvgIpc) is 3.08. The Labute approximate surface area is 212 Å². The van der Waals surface area contributed by atoms with E-state index in [1.54, 1.807) is 49.6 Å². The summed E-state index contributed by atoms with van der Waals surface area (Å²) in [4.78, 5) is 26.9. The van der Waals surface area contributed by atoms with Gasteiger partial charge in [0.15, 0.2) is 11.5 Å². The topological polar surface area (TPSA) is 55.8 Å². The third kappa shape index (κ3) is 5.02. The Bertz CT molecular complexity index is 1200. The number of methoxy groups -OCH3 is 1. The molecule has 3 aromatic carbocycles. The maximum absolute atomic E-state index is 12.9. The summed E-state index contributed by atoms with van der Waals surface area (Å²) in [6.07, 6.45) is 1.68. The number of carbonyl (C=O) groups is 2. The van der Waals surface area contributed by atoms with Crippen LogP contribution in [0.3, 0.4) is 0 Å². The van der Waals surface area contributed by atoms with E-state index in [1.807, 2.05) is 30.3 Å². The number of imide groups is 1. The lowest BCUT2D eigenvalue weighted by Gasteiger charge is -2.13. The number of carbonyl (C=O) groups excluding carboxylic acids is 2. The van der Waals surface area contributed by atoms with Crippen molar-refractivity contribution in [1.29, 1.82) is 0 Å². The molecule has 1 saturated heterocycles. The molecule has 1 heterocycles. The monoisotopic (exact) mass is 621 g/mol. The van der Waals surface area contributed by atoms with E-state index in [0.29, 0.717) is 34.3 Å². The summed E-state index contributed by atoms with van der Waals surface area (Å²) >= 11 is 6.72. The number of hydrogen-bond acceptors (Lipinski definition) is 5. The van der Waals surface area contributed by atoms with Gasteiger partial charge < -0.3 is 9.47 Å². The minimum atomic E-state index is -0.351. The van der Waals surface area contributed by atoms with Crippen molar-refractivity contribution in [2.45, 2.75) is 6.61 Å². The first-order valence-electron chi connectivity index (χ1n) is 9.54. The van der Waals surface area contributed by atoms with E-state index in [9.17, 15) is 9.59 Å². The van der Waals surface area contributed by atoms with Gasteiger partial charge in [0.25, 0.3) is 11.1 Å². The Morgan fingerprint density at radius 1 is 1.03 bits per heavy atom. The van der Waals surface area contributed by atoms with Crippen LogP contribution in [-0.2, 0) is 11.4 Å². The molecule has 1 fully saturated rings. The van der Waals surface area contributed by atoms with Crippen molar-refractivity contribution >= 4 is 73.2 Å². The van der Waals surface area contributed by atoms with Crippen LogP contribution in [-0.4, -0.2) is 18.3 Å². The molecule has 0 N–H and O–H groups in total. The van der Waals surface area contributed by atoms with E-state index in [4.69, 9.17) is 9.47 Å². The zero-order valence-corrected chi connectivity index (χ0v) is 21.4. The van der Waals surface area contributed by atoms with Gasteiger partial charge in [-0.05, 0) is 88.0 Å². The minimum Gasteiger partial charge on any atom is -0.493 e. The number of amides is 2. The number of para-hydroxylation sites is 1. The largest absolute Gasteiger partial charge is 0.493 e. The highest BCUT2D eigenvalue weighted by molar-refractivity contribution is 14.1. The van der Waals surface area contributed by atoms with E-state index in [1.165, 1.54) is 4.90 Å². The van der Waals surface area contributed by atoms with E-state index < -0.39 is 0 Å². The SMILES string of the molecule is COc1cc(/C=C2\SC(=O)N(c3ccccc3)C2=O)c(Br)cc1OCc1ccc(I)cc1. The van der Waals surface area contributed by atoms with Crippen LogP contribution in [0.1, 0.15) is 11.1 Å². The minimum absolute atomic E-state index is 0.326. The van der Waals surface area contributed by atoms with Crippen molar-refractivity contribution in [1.82, 2.24) is 0 Å². The first-order chi connectivity index (χ1) is 15.5. The first kappa shape index (κ1) is 22.9. The van der Waals surface area contributed by atoms with Crippen LogP contribution >= 0.6 is 50.3 Å². The standard InChI is InChI=1S/C24H17BrINO4S/c1-30-20-11-16(19(25)13-21(20)31-14-15-7-9-17(26)10-8-15)12-22-23(28)27(24(29)32-22)18-5-3-2-4-6-18/h2-13H,14H2,1H3/b22-12-. The van der Waals surface area contributed by atoms with Gasteiger partial charge in [0, 0.05) is 8.04 Å². The number of thioether (sulfide) groups is 1. The predicted octanol–water partition coefficient (Wildman–Crippen LogP) is 6.88. The van der Waals surface area contributed by atoms with Gasteiger partial charge in [-0.3, -0.25) is 9.59 Å². The fourth-order valence-electron chi connectivity index (χ4n) is 3.08. The van der Waals surface area contributed by atoms with Crippen LogP contribution in [0.2, 0.25) is 0 Å². The van der Waals surface area contributed by atoms with Gasteiger partial charge in [-0.15, -0.1) is 0 Å². The van der Waals surface area contributed by atoms with Crippen LogP contribution in [0, 0.1) is 3.57 Å². The molecule has 3 aromatic rings. The molecule has 162 valence electrons. The molecule has 1 aliphatic rings. The molecule has 1 aliphatic heterocycles. The van der Waals surface area contributed by atoms with Crippen LogP contribution in [0.4, 0.5) is 10.5 Å². The molecule has 0 spiro atoms. The average molecular weight is 622 g/mol. The fraction of sp³-hybridized carbons (Fsp3) is 0.0833. The quantitative estimate of drug-likeness (QED) is 0.222. The zero-order valence-electron chi connectivity index (χ0n) is 16.9. The molecule has 2 amide bonds. The van der Waals surface area contributed by atoms with Crippen molar-refractivity contribution in [3.63, 3.8) is 0 Å². The molecule has 0 radical (unpaired) electrons. The number of halogens is 2. The Morgan fingerprint density at radius 3 is 2.44 bits per heavy atom. The van der Waals surface area contributed by atoms with Crippen LogP contribution < -0.4 is 14.4 Å². The maximum Gasteiger partial charge on any atom is 0.298 e. The van der Waals surface area contributed by atoms with Gasteiger partial charge in [-0.2, -0.15) is 0 Å². The lowest BCUT2D eigenvalue weighted by atomic mass is 10.1. The summed E-state index contributed by atoms with van der Waals surface area (Å²) in [6.45, 7) is 0.398. The zero-order chi connectivity index (χ0) is 22.7. The Kier molecular flexibility index (Phi) is 7.22. The molecule has 32 heavy (non-hydrogen) atoms. The van der Waals surface area contributed by atoms with Gasteiger partial charge in [0.1, 0.15) is 6.61 Å². The summed E-state index contributed by atoms with van der Waals surface area (Å²) < 4.78 is 13.4. The highest BCUT2D eigenvalue weighted by Crippen LogP contribution is 2.39. The number of rotatable bonds is 6. The predicted molar refractivity (Wildman–Crippen MR) is 139 cm³/mol. The number of nitrogens with zero attached hydrogens (tertiary/aromatic N) is 1. The van der Waals surface area contributed by atoms with E-state index in [2.05, 4.69) is 38.5 Å². The van der Waals surface area contributed by atoms with Crippen molar-refractivity contribution < 1.29 is 19.1 Å². The van der Waals surface area contributed by atoms with E-state index in [-0.39, 0.29) is 11.1 Å². The first-order valence-corrected chi connectivity index (χ1v) is 12.2. The van der Waals surface area contributed by atoms with Crippen molar-refractivity contribution in [3.8, 4) is 11.5 Å². The van der Waals surface area contributed by atoms with Gasteiger partial charge in [0.05, 0.1) is 17.7 Å². The summed E-state index contributed by atoms with van der Waals surface area (Å²) in [5.74, 6) is 0.760. The van der Waals surface area contributed by atoms with Gasteiger partial charge in [0.2, 0.25) is 0 Å². The number of benzene rings is 3. The van der Waals surface area contributed by atoms with Gasteiger partial charge in [-0.1, -0.05) is 46.3 Å². The second-order valence-corrected chi connectivity index (χ2v) is 9.89. The second kappa shape index (κ2) is 10.1.